The predicted molar refractivity (Wildman–Crippen MR) is 53.4 cm³/mol. The van der Waals surface area contributed by atoms with Crippen LogP contribution in [0.15, 0.2) is 6.07 Å². The third kappa shape index (κ3) is 1.90. The molecule has 0 aromatic carbocycles. The molecule has 2 N–H and O–H groups in total. The van der Waals surface area contributed by atoms with E-state index in [0.29, 0.717) is 18.0 Å². The maximum atomic E-state index is 11.3. The number of Topliss-reactive ketones (excluding diaryl/α,β-unsaturated/α-hetero) is 1. The lowest BCUT2D eigenvalue weighted by Gasteiger charge is -2.10. The van der Waals surface area contributed by atoms with Gasteiger partial charge in [-0.1, -0.05) is 0 Å². The Balaban J connectivity index is 3.39. The number of nitrogens with zero attached hydrogens (tertiary/aromatic N) is 1. The summed E-state index contributed by atoms with van der Waals surface area (Å²) < 4.78 is 5.12. The maximum Gasteiger partial charge on any atom is 0.181 e. The van der Waals surface area contributed by atoms with Gasteiger partial charge in [-0.2, -0.15) is 0 Å². The van der Waals surface area contributed by atoms with Crippen LogP contribution < -0.4 is 10.5 Å². The molecule has 0 radical (unpaired) electrons. The van der Waals surface area contributed by atoms with Gasteiger partial charge in [0, 0.05) is 24.7 Å². The van der Waals surface area contributed by atoms with Gasteiger partial charge in [0.15, 0.2) is 11.5 Å². The van der Waals surface area contributed by atoms with E-state index in [1.54, 1.807) is 0 Å². The average Bonchev–Trinajstić information content (AvgIpc) is 2.16. The van der Waals surface area contributed by atoms with Gasteiger partial charge in [0.25, 0.3) is 0 Å². The Kier molecular flexibility index (Phi) is 3.19. The Morgan fingerprint density at radius 1 is 1.64 bits per heavy atom. The van der Waals surface area contributed by atoms with Gasteiger partial charge in [0.05, 0.1) is 7.11 Å². The summed E-state index contributed by atoms with van der Waals surface area (Å²) in [6.45, 7) is 3.63. The van der Waals surface area contributed by atoms with E-state index in [1.807, 2.05) is 13.0 Å². The van der Waals surface area contributed by atoms with Crippen LogP contribution >= 0.6 is 0 Å². The monoisotopic (exact) mass is 194 g/mol. The molecular formula is C10H14N2O2. The van der Waals surface area contributed by atoms with E-state index in [0.717, 1.165) is 11.3 Å². The molecule has 1 aromatic rings. The molecule has 0 aliphatic heterocycles. The second kappa shape index (κ2) is 4.19. The number of nitrogens with two attached hydrogens (primary N) is 1. The molecule has 4 heteroatoms. The van der Waals surface area contributed by atoms with Gasteiger partial charge in [-0.3, -0.25) is 4.79 Å². The van der Waals surface area contributed by atoms with E-state index in [1.165, 1.54) is 14.0 Å². The highest BCUT2D eigenvalue weighted by molar-refractivity contribution is 5.95. The van der Waals surface area contributed by atoms with Crippen LogP contribution in [0.4, 0.5) is 0 Å². The molecule has 0 saturated carbocycles. The number of carbonyl (C=O) groups excluding carboxylic acids is 1. The van der Waals surface area contributed by atoms with Crippen molar-refractivity contribution in [2.75, 3.05) is 7.11 Å². The van der Waals surface area contributed by atoms with E-state index < -0.39 is 0 Å². The molecule has 1 rings (SSSR count). The second-order valence-corrected chi connectivity index (χ2v) is 3.06. The van der Waals surface area contributed by atoms with E-state index in [2.05, 4.69) is 4.98 Å². The third-order valence-electron chi connectivity index (χ3n) is 1.94. The summed E-state index contributed by atoms with van der Waals surface area (Å²) in [5, 5.41) is 0. The fourth-order valence-corrected chi connectivity index (χ4v) is 1.35. The Labute approximate surface area is 83.1 Å². The van der Waals surface area contributed by atoms with Crippen LogP contribution in [0.25, 0.3) is 0 Å². The first-order valence-corrected chi connectivity index (χ1v) is 4.35. The number of hydrogen-bond acceptors (Lipinski definition) is 4. The molecule has 1 heterocycles. The quantitative estimate of drug-likeness (QED) is 0.731. The van der Waals surface area contributed by atoms with Crippen molar-refractivity contribution in [2.24, 2.45) is 5.73 Å². The smallest absolute Gasteiger partial charge is 0.181 e. The molecule has 14 heavy (non-hydrogen) atoms. The van der Waals surface area contributed by atoms with Gasteiger partial charge in [0.2, 0.25) is 0 Å². The number of rotatable bonds is 3. The molecule has 1 aromatic heterocycles. The molecule has 0 amide bonds. The van der Waals surface area contributed by atoms with Crippen molar-refractivity contribution in [2.45, 2.75) is 20.4 Å². The normalized spacial score (nSPS) is 10.0. The molecule has 0 atom stereocenters. The Morgan fingerprint density at radius 2 is 2.29 bits per heavy atom. The van der Waals surface area contributed by atoms with Crippen LogP contribution in [0, 0.1) is 6.92 Å². The first-order chi connectivity index (χ1) is 6.60. The maximum absolute atomic E-state index is 11.3. The zero-order valence-corrected chi connectivity index (χ0v) is 8.63. The molecule has 4 nitrogen and oxygen atoms in total. The number of carbonyl (C=O) groups is 1. The Morgan fingerprint density at radius 3 is 2.71 bits per heavy atom. The van der Waals surface area contributed by atoms with Gasteiger partial charge in [-0.25, -0.2) is 4.98 Å². The molecule has 0 saturated heterocycles. The van der Waals surface area contributed by atoms with Gasteiger partial charge >= 0.3 is 0 Å². The SMILES string of the molecule is COc1c(CN)cc(C)nc1C(C)=O. The zero-order chi connectivity index (χ0) is 10.7. The second-order valence-electron chi connectivity index (χ2n) is 3.06. The topological polar surface area (TPSA) is 65.2 Å². The lowest BCUT2D eigenvalue weighted by molar-refractivity contribution is 0.100. The highest BCUT2D eigenvalue weighted by Gasteiger charge is 2.14. The van der Waals surface area contributed by atoms with Gasteiger partial charge in [-0.15, -0.1) is 0 Å². The van der Waals surface area contributed by atoms with Crippen LogP contribution in [-0.4, -0.2) is 17.9 Å². The minimum Gasteiger partial charge on any atom is -0.494 e. The number of methoxy groups -OCH3 is 1. The minimum atomic E-state index is -0.111. The molecule has 0 aliphatic rings. The van der Waals surface area contributed by atoms with Crippen LogP contribution in [0.3, 0.4) is 0 Å². The van der Waals surface area contributed by atoms with E-state index in [4.69, 9.17) is 10.5 Å². The van der Waals surface area contributed by atoms with Gasteiger partial charge in [0.1, 0.15) is 5.69 Å². The first-order valence-electron chi connectivity index (χ1n) is 4.35. The fourth-order valence-electron chi connectivity index (χ4n) is 1.35. The van der Waals surface area contributed by atoms with Crippen molar-refractivity contribution in [1.29, 1.82) is 0 Å². The number of ketones is 1. The molecule has 0 unspecified atom stereocenters. The van der Waals surface area contributed by atoms with Gasteiger partial charge < -0.3 is 10.5 Å². The van der Waals surface area contributed by atoms with Crippen molar-refractivity contribution in [1.82, 2.24) is 4.98 Å². The summed E-state index contributed by atoms with van der Waals surface area (Å²) in [4.78, 5) is 15.4. The van der Waals surface area contributed by atoms with Crippen molar-refractivity contribution < 1.29 is 9.53 Å². The molecule has 0 aliphatic carbocycles. The predicted octanol–water partition coefficient (Wildman–Crippen LogP) is 1.06. The minimum absolute atomic E-state index is 0.111. The summed E-state index contributed by atoms with van der Waals surface area (Å²) in [6, 6.07) is 1.82. The van der Waals surface area contributed by atoms with Crippen molar-refractivity contribution in [3.63, 3.8) is 0 Å². The number of ether oxygens (including phenoxy) is 1. The number of aromatic nitrogens is 1. The van der Waals surface area contributed by atoms with Gasteiger partial charge in [-0.05, 0) is 13.0 Å². The van der Waals surface area contributed by atoms with E-state index >= 15 is 0 Å². The lowest BCUT2D eigenvalue weighted by atomic mass is 10.1. The first kappa shape index (κ1) is 10.7. The molecular weight excluding hydrogens is 180 g/mol. The third-order valence-corrected chi connectivity index (χ3v) is 1.94. The van der Waals surface area contributed by atoms with Crippen molar-refractivity contribution in [3.05, 3.63) is 23.0 Å². The molecule has 0 fully saturated rings. The van der Waals surface area contributed by atoms with Crippen LogP contribution in [0.2, 0.25) is 0 Å². The van der Waals surface area contributed by atoms with E-state index in [9.17, 15) is 4.79 Å². The summed E-state index contributed by atoms with van der Waals surface area (Å²) in [5.74, 6) is 0.380. The zero-order valence-electron chi connectivity index (χ0n) is 8.63. The summed E-state index contributed by atoms with van der Waals surface area (Å²) in [5.41, 5.74) is 7.48. The van der Waals surface area contributed by atoms with Crippen molar-refractivity contribution >= 4 is 5.78 Å². The number of hydrogen-bond donors (Lipinski definition) is 1. The largest absolute Gasteiger partial charge is 0.494 e. The fraction of sp³-hybridized carbons (Fsp3) is 0.400. The number of pyridine rings is 1. The highest BCUT2D eigenvalue weighted by Crippen LogP contribution is 2.23. The number of aryl methyl sites for hydroxylation is 1. The summed E-state index contributed by atoms with van der Waals surface area (Å²) in [6.07, 6.45) is 0. The Hall–Kier alpha value is -1.42. The highest BCUT2D eigenvalue weighted by atomic mass is 16.5. The standard InChI is InChI=1S/C10H14N2O2/c1-6-4-8(5-11)10(14-3)9(12-6)7(2)13/h4H,5,11H2,1-3H3. The Bertz CT molecular complexity index is 361. The molecule has 0 bridgehead atoms. The lowest BCUT2D eigenvalue weighted by Crippen LogP contribution is -2.08. The van der Waals surface area contributed by atoms with Crippen LogP contribution in [0.1, 0.15) is 28.7 Å². The average molecular weight is 194 g/mol. The van der Waals surface area contributed by atoms with Crippen LogP contribution in [0.5, 0.6) is 5.75 Å². The molecule has 0 spiro atoms. The van der Waals surface area contributed by atoms with Crippen LogP contribution in [-0.2, 0) is 6.54 Å². The summed E-state index contributed by atoms with van der Waals surface area (Å²) >= 11 is 0. The van der Waals surface area contributed by atoms with E-state index in [-0.39, 0.29) is 5.78 Å². The molecule has 76 valence electrons. The summed E-state index contributed by atoms with van der Waals surface area (Å²) in [7, 11) is 1.51. The van der Waals surface area contributed by atoms with Crippen molar-refractivity contribution in [3.8, 4) is 5.75 Å².